The number of ether oxygens (including phenoxy) is 1. The van der Waals surface area contributed by atoms with Crippen LogP contribution in [-0.4, -0.2) is 37.4 Å². The number of anilines is 1. The summed E-state index contributed by atoms with van der Waals surface area (Å²) in [5, 5.41) is 11.6. The van der Waals surface area contributed by atoms with Gasteiger partial charge in [-0.1, -0.05) is 36.4 Å². The fourth-order valence-corrected chi connectivity index (χ4v) is 4.63. The summed E-state index contributed by atoms with van der Waals surface area (Å²) < 4.78 is 20.4. The van der Waals surface area contributed by atoms with Gasteiger partial charge in [-0.15, -0.1) is 11.3 Å². The van der Waals surface area contributed by atoms with Crippen molar-refractivity contribution < 1.29 is 19.0 Å². The molecule has 0 unspecified atom stereocenters. The van der Waals surface area contributed by atoms with Crippen molar-refractivity contribution in [3.8, 4) is 0 Å². The molecule has 1 N–H and O–H groups in total. The molecule has 0 aliphatic carbocycles. The molecule has 0 bridgehead atoms. The van der Waals surface area contributed by atoms with Crippen LogP contribution < -0.4 is 4.90 Å². The Labute approximate surface area is 165 Å². The summed E-state index contributed by atoms with van der Waals surface area (Å²) in [6.45, 7) is 9.91. The lowest BCUT2D eigenvalue weighted by Crippen LogP contribution is -2.35. The normalized spacial score (nSPS) is 14.2. The number of aromatic carboxylic acids is 1. The molecule has 1 aromatic heterocycles. The molecule has 1 fully saturated rings. The van der Waals surface area contributed by atoms with Crippen molar-refractivity contribution in [2.45, 2.75) is 6.42 Å². The van der Waals surface area contributed by atoms with Crippen molar-refractivity contribution in [3.05, 3.63) is 69.6 Å². The van der Waals surface area contributed by atoms with Gasteiger partial charge >= 0.3 is 5.97 Å². The predicted molar refractivity (Wildman–Crippen MR) is 107 cm³/mol. The van der Waals surface area contributed by atoms with E-state index in [4.69, 9.17) is 11.3 Å². The molecular weight excluding hydrogens is 379 g/mol. The van der Waals surface area contributed by atoms with Gasteiger partial charge in [0, 0.05) is 18.5 Å². The number of morpholine rings is 1. The van der Waals surface area contributed by atoms with Crippen LogP contribution in [-0.2, 0) is 11.2 Å². The number of thiophene rings is 1. The Kier molecular flexibility index (Phi) is 4.99. The van der Waals surface area contributed by atoms with Gasteiger partial charge in [0.2, 0.25) is 5.69 Å². The maximum absolute atomic E-state index is 15.0. The monoisotopic (exact) mass is 396 g/mol. The molecule has 5 nitrogen and oxygen atoms in total. The van der Waals surface area contributed by atoms with Crippen LogP contribution in [0.3, 0.4) is 0 Å². The Balaban J connectivity index is 1.81. The van der Waals surface area contributed by atoms with Crippen LogP contribution in [0.2, 0.25) is 0 Å². The van der Waals surface area contributed by atoms with E-state index in [1.54, 1.807) is 18.2 Å². The number of carbonyl (C=O) groups is 1. The van der Waals surface area contributed by atoms with Gasteiger partial charge in [-0.2, -0.15) is 0 Å². The van der Waals surface area contributed by atoms with Crippen LogP contribution in [0.4, 0.5) is 15.1 Å². The third-order valence-electron chi connectivity index (χ3n) is 4.88. The molecule has 2 aromatic carbocycles. The zero-order valence-corrected chi connectivity index (χ0v) is 15.8. The highest BCUT2D eigenvalue weighted by Crippen LogP contribution is 2.44. The SMILES string of the molecule is [C-]#[N+]c1c(N2CCOCC2)sc(C(=O)O)c1Cc1ccc2ccccc2c1F. The molecule has 4 rings (SSSR count). The number of carboxylic acids is 1. The van der Waals surface area contributed by atoms with E-state index in [9.17, 15) is 9.90 Å². The van der Waals surface area contributed by atoms with Crippen molar-refractivity contribution in [1.82, 2.24) is 0 Å². The van der Waals surface area contributed by atoms with Crippen molar-refractivity contribution in [2.75, 3.05) is 31.2 Å². The Morgan fingerprint density at radius 1 is 1.25 bits per heavy atom. The standard InChI is InChI=1S/C21H17FN2O3S/c1-23-18-16(12-14-7-6-13-4-2-3-5-15(13)17(14)22)19(21(25)26)28-20(18)24-8-10-27-11-9-24/h2-7H,8-12H2,(H,25,26). The first kappa shape index (κ1) is 18.4. The minimum absolute atomic E-state index is 0.0663. The average Bonchev–Trinajstić information content (AvgIpc) is 3.09. The highest BCUT2D eigenvalue weighted by molar-refractivity contribution is 7.18. The molecule has 1 saturated heterocycles. The molecule has 28 heavy (non-hydrogen) atoms. The summed E-state index contributed by atoms with van der Waals surface area (Å²) in [5.41, 5.74) is 1.07. The van der Waals surface area contributed by atoms with E-state index in [1.165, 1.54) is 0 Å². The largest absolute Gasteiger partial charge is 0.477 e. The van der Waals surface area contributed by atoms with Gasteiger partial charge in [-0.3, -0.25) is 0 Å². The van der Waals surface area contributed by atoms with Crippen LogP contribution in [0.5, 0.6) is 0 Å². The van der Waals surface area contributed by atoms with E-state index in [0.717, 1.165) is 16.7 Å². The fraction of sp³-hybridized carbons (Fsp3) is 0.238. The average molecular weight is 396 g/mol. The van der Waals surface area contributed by atoms with Crippen LogP contribution in [0.1, 0.15) is 20.8 Å². The zero-order valence-electron chi connectivity index (χ0n) is 14.9. The predicted octanol–water partition coefficient (Wildman–Crippen LogP) is 4.72. The fourth-order valence-electron chi connectivity index (χ4n) is 3.48. The van der Waals surface area contributed by atoms with Crippen molar-refractivity contribution >= 4 is 38.8 Å². The Hall–Kier alpha value is -2.95. The van der Waals surface area contributed by atoms with Crippen molar-refractivity contribution in [3.63, 3.8) is 0 Å². The number of carboxylic acid groups (broad SMARTS) is 1. The maximum atomic E-state index is 15.0. The summed E-state index contributed by atoms with van der Waals surface area (Å²) in [4.78, 5) is 17.6. The number of benzene rings is 2. The topological polar surface area (TPSA) is 54.1 Å². The van der Waals surface area contributed by atoms with Crippen LogP contribution >= 0.6 is 11.3 Å². The molecule has 1 aliphatic rings. The van der Waals surface area contributed by atoms with Gasteiger partial charge < -0.3 is 14.7 Å². The molecule has 0 saturated carbocycles. The summed E-state index contributed by atoms with van der Waals surface area (Å²) in [6.07, 6.45) is 0.0663. The van der Waals surface area contributed by atoms with Gasteiger partial charge in [0.15, 0.2) is 0 Å². The lowest BCUT2D eigenvalue weighted by atomic mass is 9.99. The van der Waals surface area contributed by atoms with E-state index in [0.29, 0.717) is 53.5 Å². The maximum Gasteiger partial charge on any atom is 0.344 e. The molecule has 3 aromatic rings. The van der Waals surface area contributed by atoms with Gasteiger partial charge in [0.05, 0.1) is 24.8 Å². The minimum Gasteiger partial charge on any atom is -0.477 e. The quantitative estimate of drug-likeness (QED) is 0.649. The number of fused-ring (bicyclic) bond motifs is 1. The first-order valence-corrected chi connectivity index (χ1v) is 9.67. The van der Waals surface area contributed by atoms with Gasteiger partial charge in [0.25, 0.3) is 0 Å². The lowest BCUT2D eigenvalue weighted by molar-refractivity contribution is 0.0701. The van der Waals surface area contributed by atoms with E-state index >= 15 is 4.39 Å². The van der Waals surface area contributed by atoms with E-state index in [1.807, 2.05) is 23.1 Å². The molecule has 0 atom stereocenters. The summed E-state index contributed by atoms with van der Waals surface area (Å²) in [7, 11) is 0. The minimum atomic E-state index is -1.09. The number of hydrogen-bond donors (Lipinski definition) is 1. The second-order valence-corrected chi connectivity index (χ2v) is 7.52. The zero-order chi connectivity index (χ0) is 19.7. The lowest BCUT2D eigenvalue weighted by Gasteiger charge is -2.28. The second-order valence-electron chi connectivity index (χ2n) is 6.52. The molecule has 0 radical (unpaired) electrons. The summed E-state index contributed by atoms with van der Waals surface area (Å²) in [6, 6.07) is 10.6. The third kappa shape index (κ3) is 3.21. The Bertz CT molecular complexity index is 1100. The van der Waals surface area contributed by atoms with Crippen molar-refractivity contribution in [1.29, 1.82) is 0 Å². The van der Waals surface area contributed by atoms with E-state index < -0.39 is 5.97 Å². The molecular formula is C21H17FN2O3S. The number of halogens is 1. The third-order valence-corrected chi connectivity index (χ3v) is 6.15. The first-order valence-electron chi connectivity index (χ1n) is 8.85. The summed E-state index contributed by atoms with van der Waals surface area (Å²) in [5.74, 6) is -1.46. The second kappa shape index (κ2) is 7.58. The first-order chi connectivity index (χ1) is 13.6. The Morgan fingerprint density at radius 3 is 2.71 bits per heavy atom. The molecule has 1 aliphatic heterocycles. The molecule has 2 heterocycles. The van der Waals surface area contributed by atoms with Gasteiger partial charge in [0.1, 0.15) is 10.7 Å². The highest BCUT2D eigenvalue weighted by Gasteiger charge is 2.27. The summed E-state index contributed by atoms with van der Waals surface area (Å²) >= 11 is 1.09. The Morgan fingerprint density at radius 2 is 2.00 bits per heavy atom. The van der Waals surface area contributed by atoms with Crippen LogP contribution in [0.15, 0.2) is 36.4 Å². The van der Waals surface area contributed by atoms with E-state index in [2.05, 4.69) is 4.85 Å². The number of hydrogen-bond acceptors (Lipinski definition) is 4. The van der Waals surface area contributed by atoms with Crippen LogP contribution in [0.25, 0.3) is 15.6 Å². The van der Waals surface area contributed by atoms with Gasteiger partial charge in [-0.05, 0) is 22.9 Å². The van der Waals surface area contributed by atoms with Gasteiger partial charge in [-0.25, -0.2) is 14.0 Å². The van der Waals surface area contributed by atoms with Crippen molar-refractivity contribution in [2.24, 2.45) is 0 Å². The molecule has 0 spiro atoms. The molecule has 7 heteroatoms. The molecule has 142 valence electrons. The molecule has 0 amide bonds. The highest BCUT2D eigenvalue weighted by atomic mass is 32.1. The smallest absolute Gasteiger partial charge is 0.344 e. The number of rotatable bonds is 4. The number of nitrogens with zero attached hydrogens (tertiary/aromatic N) is 2. The van der Waals surface area contributed by atoms with Crippen LogP contribution in [0, 0.1) is 12.4 Å². The van der Waals surface area contributed by atoms with E-state index in [-0.39, 0.29) is 17.1 Å².